The van der Waals surface area contributed by atoms with Gasteiger partial charge >= 0.3 is 0 Å². The van der Waals surface area contributed by atoms with Gasteiger partial charge in [0.05, 0.1) is 11.2 Å². The largest absolute Gasteiger partial charge is 0.304 e. The Labute approximate surface area is 123 Å². The second-order valence-corrected chi connectivity index (χ2v) is 5.50. The average Bonchev–Trinajstić information content (AvgIpc) is 2.73. The van der Waals surface area contributed by atoms with E-state index in [1.165, 1.54) is 6.07 Å². The highest BCUT2D eigenvalue weighted by atomic mass is 35.5. The van der Waals surface area contributed by atoms with Crippen LogP contribution < -0.4 is 5.32 Å². The SMILES string of the molecule is Cc1c(C(C)NC(C)c2ccc(Cl)c(F)c2)cnn1C. The zero-order valence-corrected chi connectivity index (χ0v) is 12.9. The van der Waals surface area contributed by atoms with E-state index in [4.69, 9.17) is 11.6 Å². The standard InChI is InChI=1S/C15H19ClFN3/c1-9(12-5-6-14(16)15(17)7-12)19-10(2)13-8-18-20(4)11(13)3/h5-10,19H,1-4H3. The van der Waals surface area contributed by atoms with Gasteiger partial charge in [0.1, 0.15) is 5.82 Å². The molecule has 108 valence electrons. The van der Waals surface area contributed by atoms with Crippen molar-refractivity contribution in [3.8, 4) is 0 Å². The summed E-state index contributed by atoms with van der Waals surface area (Å²) in [6, 6.07) is 5.06. The molecule has 5 heteroatoms. The highest BCUT2D eigenvalue weighted by Crippen LogP contribution is 2.24. The normalized spacial score (nSPS) is 14.3. The molecule has 20 heavy (non-hydrogen) atoms. The number of nitrogens with zero attached hydrogens (tertiary/aromatic N) is 2. The Morgan fingerprint density at radius 1 is 1.30 bits per heavy atom. The molecule has 0 amide bonds. The number of aryl methyl sites for hydroxylation is 1. The first kappa shape index (κ1) is 15.0. The van der Waals surface area contributed by atoms with Crippen molar-refractivity contribution in [2.45, 2.75) is 32.9 Å². The third-order valence-corrected chi connectivity index (χ3v) is 3.99. The van der Waals surface area contributed by atoms with Crippen LogP contribution in [0.1, 0.15) is 42.8 Å². The fourth-order valence-electron chi connectivity index (χ4n) is 2.28. The molecule has 1 N–H and O–H groups in total. The number of benzene rings is 1. The fourth-order valence-corrected chi connectivity index (χ4v) is 2.40. The summed E-state index contributed by atoms with van der Waals surface area (Å²) in [5.74, 6) is -0.386. The average molecular weight is 296 g/mol. The second kappa shape index (κ2) is 5.94. The third-order valence-electron chi connectivity index (χ3n) is 3.68. The van der Waals surface area contributed by atoms with Crippen LogP contribution in [0, 0.1) is 12.7 Å². The van der Waals surface area contributed by atoms with E-state index in [0.717, 1.165) is 16.8 Å². The molecule has 1 aromatic carbocycles. The number of halogens is 2. The Morgan fingerprint density at radius 2 is 2.00 bits per heavy atom. The van der Waals surface area contributed by atoms with Crippen molar-refractivity contribution in [2.75, 3.05) is 0 Å². The minimum atomic E-state index is -0.386. The van der Waals surface area contributed by atoms with Crippen LogP contribution in [0.15, 0.2) is 24.4 Å². The summed E-state index contributed by atoms with van der Waals surface area (Å²) in [5, 5.41) is 7.84. The summed E-state index contributed by atoms with van der Waals surface area (Å²) in [6.07, 6.45) is 1.86. The van der Waals surface area contributed by atoms with E-state index in [1.807, 2.05) is 37.8 Å². The molecule has 3 nitrogen and oxygen atoms in total. The quantitative estimate of drug-likeness (QED) is 0.926. The Hall–Kier alpha value is -1.39. The molecule has 0 aliphatic carbocycles. The lowest BCUT2D eigenvalue weighted by atomic mass is 10.0. The van der Waals surface area contributed by atoms with E-state index in [-0.39, 0.29) is 22.9 Å². The molecule has 0 bridgehead atoms. The molecule has 0 saturated carbocycles. The van der Waals surface area contributed by atoms with Crippen molar-refractivity contribution in [1.29, 1.82) is 0 Å². The molecule has 0 saturated heterocycles. The lowest BCUT2D eigenvalue weighted by Gasteiger charge is -2.20. The van der Waals surface area contributed by atoms with Crippen LogP contribution in [-0.4, -0.2) is 9.78 Å². The van der Waals surface area contributed by atoms with E-state index in [2.05, 4.69) is 17.3 Å². The summed E-state index contributed by atoms with van der Waals surface area (Å²) in [6.45, 7) is 6.12. The molecule has 0 aliphatic rings. The van der Waals surface area contributed by atoms with E-state index in [9.17, 15) is 4.39 Å². The Morgan fingerprint density at radius 3 is 2.55 bits per heavy atom. The smallest absolute Gasteiger partial charge is 0.142 e. The van der Waals surface area contributed by atoms with Crippen molar-refractivity contribution in [2.24, 2.45) is 7.05 Å². The highest BCUT2D eigenvalue weighted by Gasteiger charge is 2.16. The van der Waals surface area contributed by atoms with Gasteiger partial charge in [0.2, 0.25) is 0 Å². The van der Waals surface area contributed by atoms with E-state index in [1.54, 1.807) is 6.07 Å². The predicted molar refractivity (Wildman–Crippen MR) is 79.3 cm³/mol. The zero-order valence-electron chi connectivity index (χ0n) is 12.1. The van der Waals surface area contributed by atoms with Gasteiger partial charge in [0.25, 0.3) is 0 Å². The van der Waals surface area contributed by atoms with Crippen molar-refractivity contribution in [3.05, 3.63) is 52.1 Å². The molecular weight excluding hydrogens is 277 g/mol. The number of rotatable bonds is 4. The Bertz CT molecular complexity index is 609. The second-order valence-electron chi connectivity index (χ2n) is 5.09. The molecule has 1 heterocycles. The number of nitrogens with one attached hydrogen (secondary N) is 1. The van der Waals surface area contributed by atoms with Crippen LogP contribution in [0.25, 0.3) is 0 Å². The number of hydrogen-bond donors (Lipinski definition) is 1. The van der Waals surface area contributed by atoms with Crippen molar-refractivity contribution in [1.82, 2.24) is 15.1 Å². The van der Waals surface area contributed by atoms with Crippen LogP contribution in [0.5, 0.6) is 0 Å². The van der Waals surface area contributed by atoms with Gasteiger partial charge in [-0.1, -0.05) is 17.7 Å². The van der Waals surface area contributed by atoms with Gasteiger partial charge in [0.15, 0.2) is 0 Å². The van der Waals surface area contributed by atoms with Gasteiger partial charge in [-0.05, 0) is 38.5 Å². The first-order valence-corrected chi connectivity index (χ1v) is 6.97. The molecule has 2 atom stereocenters. The monoisotopic (exact) mass is 295 g/mol. The predicted octanol–water partition coefficient (Wildman–Crippen LogP) is 3.93. The van der Waals surface area contributed by atoms with Crippen LogP contribution in [0.2, 0.25) is 5.02 Å². The molecule has 2 aromatic rings. The van der Waals surface area contributed by atoms with Gasteiger partial charge < -0.3 is 5.32 Å². The van der Waals surface area contributed by atoms with Crippen molar-refractivity contribution in [3.63, 3.8) is 0 Å². The maximum atomic E-state index is 13.5. The molecule has 0 aliphatic heterocycles. The maximum absolute atomic E-state index is 13.5. The summed E-state index contributed by atoms with van der Waals surface area (Å²) < 4.78 is 15.3. The number of hydrogen-bond acceptors (Lipinski definition) is 2. The summed E-state index contributed by atoms with van der Waals surface area (Å²) in [4.78, 5) is 0. The van der Waals surface area contributed by atoms with E-state index < -0.39 is 0 Å². The van der Waals surface area contributed by atoms with Crippen LogP contribution >= 0.6 is 11.6 Å². The lowest BCUT2D eigenvalue weighted by molar-refractivity contribution is 0.490. The van der Waals surface area contributed by atoms with Crippen LogP contribution in [0.3, 0.4) is 0 Å². The highest BCUT2D eigenvalue weighted by molar-refractivity contribution is 6.30. The van der Waals surface area contributed by atoms with Gasteiger partial charge in [-0.2, -0.15) is 5.10 Å². The molecule has 1 aromatic heterocycles. The maximum Gasteiger partial charge on any atom is 0.142 e. The minimum absolute atomic E-state index is 0.0244. The fraction of sp³-hybridized carbons (Fsp3) is 0.400. The van der Waals surface area contributed by atoms with Crippen LogP contribution in [0.4, 0.5) is 4.39 Å². The Kier molecular flexibility index (Phi) is 4.45. The molecule has 0 fully saturated rings. The van der Waals surface area contributed by atoms with Gasteiger partial charge in [0, 0.05) is 30.4 Å². The molecule has 2 unspecified atom stereocenters. The lowest BCUT2D eigenvalue weighted by Crippen LogP contribution is -2.23. The minimum Gasteiger partial charge on any atom is -0.304 e. The summed E-state index contributed by atoms with van der Waals surface area (Å²) >= 11 is 5.70. The van der Waals surface area contributed by atoms with Crippen molar-refractivity contribution >= 4 is 11.6 Å². The van der Waals surface area contributed by atoms with Crippen LogP contribution in [-0.2, 0) is 7.05 Å². The molecule has 2 rings (SSSR count). The van der Waals surface area contributed by atoms with Crippen molar-refractivity contribution < 1.29 is 4.39 Å². The topological polar surface area (TPSA) is 29.9 Å². The molecular formula is C15H19ClFN3. The third kappa shape index (κ3) is 3.02. The van der Waals surface area contributed by atoms with Gasteiger partial charge in [-0.15, -0.1) is 0 Å². The Balaban J connectivity index is 2.12. The summed E-state index contributed by atoms with van der Waals surface area (Å²) in [7, 11) is 1.92. The van der Waals surface area contributed by atoms with E-state index in [0.29, 0.717) is 0 Å². The molecule has 0 radical (unpaired) electrons. The van der Waals surface area contributed by atoms with Gasteiger partial charge in [-0.3, -0.25) is 4.68 Å². The van der Waals surface area contributed by atoms with E-state index >= 15 is 0 Å². The first-order valence-electron chi connectivity index (χ1n) is 6.59. The first-order chi connectivity index (χ1) is 9.40. The zero-order chi connectivity index (χ0) is 14.9. The molecule has 0 spiro atoms. The number of aromatic nitrogens is 2. The van der Waals surface area contributed by atoms with Gasteiger partial charge in [-0.25, -0.2) is 4.39 Å². The summed E-state index contributed by atoms with van der Waals surface area (Å²) in [5.41, 5.74) is 3.15.